The summed E-state index contributed by atoms with van der Waals surface area (Å²) in [6.07, 6.45) is 1.97. The number of aldehydes is 1. The van der Waals surface area contributed by atoms with E-state index in [0.717, 1.165) is 6.29 Å². The number of β-lactam (4-membered cyclic amide) rings is 1. The number of fused-ring (bicyclic) bond motifs is 1. The number of carbonyl (C=O) groups is 4. The fraction of sp³-hybridized carbons (Fsp3) is 0.615. The van der Waals surface area contributed by atoms with Crippen molar-refractivity contribution in [1.82, 2.24) is 15.5 Å². The van der Waals surface area contributed by atoms with Gasteiger partial charge in [0.1, 0.15) is 17.7 Å². The molecule has 0 aromatic carbocycles. The Morgan fingerprint density at radius 1 is 1.39 bits per heavy atom. The lowest BCUT2D eigenvalue weighted by atomic mass is 9.79. The van der Waals surface area contributed by atoms with E-state index in [1.165, 1.54) is 16.7 Å². The first-order valence-electron chi connectivity index (χ1n) is 12.6. The molecular formula is C26H35N3O8S. The highest BCUT2D eigenvalue weighted by atomic mass is 32.2. The van der Waals surface area contributed by atoms with Crippen molar-refractivity contribution >= 4 is 35.9 Å². The van der Waals surface area contributed by atoms with Crippen LogP contribution in [0.5, 0.6) is 0 Å². The van der Waals surface area contributed by atoms with Crippen LogP contribution in [-0.4, -0.2) is 70.5 Å². The van der Waals surface area contributed by atoms with Gasteiger partial charge in [0.2, 0.25) is 12.7 Å². The maximum absolute atomic E-state index is 13.3. The van der Waals surface area contributed by atoms with Crippen LogP contribution in [0.15, 0.2) is 33.4 Å². The lowest BCUT2D eigenvalue weighted by Gasteiger charge is -2.46. The minimum absolute atomic E-state index is 0.0786. The molecule has 2 fully saturated rings. The van der Waals surface area contributed by atoms with Gasteiger partial charge in [-0.15, -0.1) is 11.8 Å². The van der Waals surface area contributed by atoms with Crippen LogP contribution in [-0.2, 0) is 35.2 Å². The standard InChI is InChI=1S/C26H35N3O8S/c1-14-19-18(15(2)31)22(32)29(19)20(23(33)36-13-37-24(34)25(3,4)5)21(14)38-26(9-16(11-30)27-12-26)28-10-17-7-6-8-35-17/h6-8,11,14-16,18-19,27-28,31H,9-10,12-13H2,1-5H3/t14-,15-,16+,18-,19-,26+/m1/s1. The van der Waals surface area contributed by atoms with E-state index >= 15 is 0 Å². The largest absolute Gasteiger partial charge is 0.468 e. The summed E-state index contributed by atoms with van der Waals surface area (Å²) >= 11 is 1.38. The second-order valence-corrected chi connectivity index (χ2v) is 12.5. The monoisotopic (exact) mass is 549 g/mol. The summed E-state index contributed by atoms with van der Waals surface area (Å²) in [6.45, 7) is 8.74. The van der Waals surface area contributed by atoms with Crippen LogP contribution in [0.3, 0.4) is 0 Å². The number of hydrogen-bond acceptors (Lipinski definition) is 11. The van der Waals surface area contributed by atoms with Gasteiger partial charge in [0.05, 0.1) is 47.2 Å². The number of ether oxygens (including phenoxy) is 2. The van der Waals surface area contributed by atoms with E-state index in [4.69, 9.17) is 13.9 Å². The van der Waals surface area contributed by atoms with Gasteiger partial charge < -0.3 is 34.0 Å². The first-order valence-corrected chi connectivity index (χ1v) is 13.4. The van der Waals surface area contributed by atoms with Crippen molar-refractivity contribution in [3.8, 4) is 0 Å². The zero-order valence-corrected chi connectivity index (χ0v) is 23.0. The third kappa shape index (κ3) is 5.40. The number of rotatable bonds is 10. The fourth-order valence-electron chi connectivity index (χ4n) is 5.08. The lowest BCUT2D eigenvalue weighted by molar-refractivity contribution is -0.175. The lowest BCUT2D eigenvalue weighted by Crippen LogP contribution is -2.63. The van der Waals surface area contributed by atoms with E-state index in [1.807, 2.05) is 13.0 Å². The second kappa shape index (κ2) is 10.8. The van der Waals surface area contributed by atoms with Crippen LogP contribution in [0.25, 0.3) is 0 Å². The Hall–Kier alpha value is -2.67. The summed E-state index contributed by atoms with van der Waals surface area (Å²) in [7, 11) is 0. The van der Waals surface area contributed by atoms with E-state index in [0.29, 0.717) is 30.2 Å². The Balaban J connectivity index is 1.61. The van der Waals surface area contributed by atoms with Crippen molar-refractivity contribution in [3.63, 3.8) is 0 Å². The van der Waals surface area contributed by atoms with Crippen molar-refractivity contribution < 1.29 is 38.2 Å². The van der Waals surface area contributed by atoms with Gasteiger partial charge in [-0.05, 0) is 46.2 Å². The van der Waals surface area contributed by atoms with E-state index in [2.05, 4.69) is 10.6 Å². The van der Waals surface area contributed by atoms with Crippen molar-refractivity contribution in [2.24, 2.45) is 17.3 Å². The molecule has 1 aromatic heterocycles. The molecule has 208 valence electrons. The molecule has 1 aromatic rings. The Kier molecular flexibility index (Phi) is 8.08. The highest BCUT2D eigenvalue weighted by Crippen LogP contribution is 2.53. The van der Waals surface area contributed by atoms with Crippen LogP contribution in [0.2, 0.25) is 0 Å². The number of amides is 1. The molecule has 1 amide bonds. The summed E-state index contributed by atoms with van der Waals surface area (Å²) in [5.74, 6) is -1.91. The zero-order chi connectivity index (χ0) is 27.8. The average molecular weight is 550 g/mol. The van der Waals surface area contributed by atoms with Crippen molar-refractivity contribution in [3.05, 3.63) is 34.8 Å². The topological polar surface area (TPSA) is 147 Å². The molecule has 6 atom stereocenters. The molecule has 0 unspecified atom stereocenters. The number of nitrogens with zero attached hydrogens (tertiary/aromatic N) is 1. The van der Waals surface area contributed by atoms with Gasteiger partial charge in [0.15, 0.2) is 0 Å². The molecular weight excluding hydrogens is 514 g/mol. The molecule has 11 nitrogen and oxygen atoms in total. The summed E-state index contributed by atoms with van der Waals surface area (Å²) < 4.78 is 15.9. The zero-order valence-electron chi connectivity index (χ0n) is 22.2. The Morgan fingerprint density at radius 2 is 2.13 bits per heavy atom. The molecule has 0 spiro atoms. The smallest absolute Gasteiger partial charge is 0.358 e. The van der Waals surface area contributed by atoms with Crippen molar-refractivity contribution in [1.29, 1.82) is 0 Å². The van der Waals surface area contributed by atoms with Crippen molar-refractivity contribution in [2.45, 2.75) is 70.6 Å². The minimum Gasteiger partial charge on any atom is -0.468 e. The molecule has 3 N–H and O–H groups in total. The van der Waals surface area contributed by atoms with Crippen LogP contribution in [0.1, 0.15) is 46.8 Å². The highest BCUT2D eigenvalue weighted by molar-refractivity contribution is 8.04. The number of carbonyl (C=O) groups excluding carboxylic acids is 4. The quantitative estimate of drug-likeness (QED) is 0.169. The van der Waals surface area contributed by atoms with E-state index < -0.39 is 47.1 Å². The molecule has 4 rings (SSSR count). The first-order chi connectivity index (χ1) is 17.9. The Labute approximate surface area is 225 Å². The number of nitrogens with one attached hydrogen (secondary N) is 2. The summed E-state index contributed by atoms with van der Waals surface area (Å²) in [5, 5.41) is 16.9. The molecule has 0 radical (unpaired) electrons. The maximum Gasteiger partial charge on any atom is 0.358 e. The molecule has 4 heterocycles. The third-order valence-corrected chi connectivity index (χ3v) is 8.76. The molecule has 0 saturated carbocycles. The first kappa shape index (κ1) is 28.3. The fourth-order valence-corrected chi connectivity index (χ4v) is 6.67. The van der Waals surface area contributed by atoms with Gasteiger partial charge >= 0.3 is 11.9 Å². The predicted molar refractivity (Wildman–Crippen MR) is 137 cm³/mol. The van der Waals surface area contributed by atoms with Gasteiger partial charge in [0.25, 0.3) is 0 Å². The number of furan rings is 1. The third-order valence-electron chi connectivity index (χ3n) is 7.13. The number of hydrogen-bond donors (Lipinski definition) is 3. The van der Waals surface area contributed by atoms with Crippen LogP contribution < -0.4 is 10.6 Å². The molecule has 0 aliphatic carbocycles. The predicted octanol–water partition coefficient (Wildman–Crippen LogP) is 1.52. The Morgan fingerprint density at radius 3 is 2.71 bits per heavy atom. The van der Waals surface area contributed by atoms with Gasteiger partial charge in [-0.2, -0.15) is 0 Å². The summed E-state index contributed by atoms with van der Waals surface area (Å²) in [5.41, 5.74) is -0.691. The van der Waals surface area contributed by atoms with Crippen LogP contribution in [0, 0.1) is 17.3 Å². The molecule has 3 aliphatic rings. The van der Waals surface area contributed by atoms with E-state index in [1.54, 1.807) is 40.0 Å². The summed E-state index contributed by atoms with van der Waals surface area (Å²) in [4.78, 5) is 51.4. The second-order valence-electron chi connectivity index (χ2n) is 11.1. The molecule has 0 bridgehead atoms. The number of esters is 2. The van der Waals surface area contributed by atoms with E-state index in [-0.39, 0.29) is 23.6 Å². The van der Waals surface area contributed by atoms with Crippen LogP contribution >= 0.6 is 11.8 Å². The summed E-state index contributed by atoms with van der Waals surface area (Å²) in [6, 6.07) is 2.82. The number of thioether (sulfide) groups is 1. The molecule has 38 heavy (non-hydrogen) atoms. The number of aliphatic hydroxyl groups excluding tert-OH is 1. The van der Waals surface area contributed by atoms with Gasteiger partial charge in [-0.25, -0.2) is 4.79 Å². The Bertz CT molecular complexity index is 1110. The number of aliphatic hydroxyl groups is 1. The maximum atomic E-state index is 13.3. The van der Waals surface area contributed by atoms with Crippen molar-refractivity contribution in [2.75, 3.05) is 13.3 Å². The molecule has 2 saturated heterocycles. The molecule has 3 aliphatic heterocycles. The van der Waals surface area contributed by atoms with E-state index in [9.17, 15) is 24.3 Å². The van der Waals surface area contributed by atoms with Crippen LogP contribution in [0.4, 0.5) is 0 Å². The van der Waals surface area contributed by atoms with Gasteiger partial charge in [-0.3, -0.25) is 14.9 Å². The van der Waals surface area contributed by atoms with Gasteiger partial charge in [0, 0.05) is 17.4 Å². The van der Waals surface area contributed by atoms with Gasteiger partial charge in [-0.1, -0.05) is 6.92 Å². The highest BCUT2D eigenvalue weighted by Gasteiger charge is 2.61. The SMILES string of the molecule is C[C@@H](O)[C@H]1C(=O)N2C(C(=O)OCOC(=O)C(C)(C)C)=C(S[C@]3(NCc4ccco4)CN[C@H](C=O)C3)[C@H](C)[C@H]12. The molecule has 12 heteroatoms. The normalized spacial score (nSPS) is 29.6. The average Bonchev–Trinajstić information content (AvgIpc) is 3.56. The minimum atomic E-state index is -0.890.